The molecule has 7 nitrogen and oxygen atoms in total. The molecule has 3 aromatic rings. The van der Waals surface area contributed by atoms with Crippen LogP contribution >= 0.6 is 23.4 Å². The quantitative estimate of drug-likeness (QED) is 0.186. The third-order valence-electron chi connectivity index (χ3n) is 4.92. The Morgan fingerprint density at radius 1 is 1.39 bits per heavy atom. The molecule has 0 fully saturated rings. The van der Waals surface area contributed by atoms with Gasteiger partial charge in [-0.3, -0.25) is 14.2 Å². The molecule has 9 heteroatoms. The number of nitrogens with one attached hydrogen (secondary N) is 1. The van der Waals surface area contributed by atoms with Crippen LogP contribution in [0.5, 0.6) is 0 Å². The lowest BCUT2D eigenvalue weighted by Crippen LogP contribution is -2.25. The smallest absolute Gasteiger partial charge is 0.339 e. The molecule has 2 heterocycles. The van der Waals surface area contributed by atoms with Crippen molar-refractivity contribution < 1.29 is 14.3 Å². The molecule has 0 bridgehead atoms. The number of aryl methyl sites for hydroxylation is 1. The van der Waals surface area contributed by atoms with Gasteiger partial charge in [-0.05, 0) is 44.5 Å². The molecule has 1 N–H and O–H groups in total. The van der Waals surface area contributed by atoms with Crippen molar-refractivity contribution in [2.24, 2.45) is 0 Å². The van der Waals surface area contributed by atoms with Crippen LogP contribution in [0, 0.1) is 13.8 Å². The molecule has 0 saturated heterocycles. The molecule has 0 saturated carbocycles. The number of carbonyl (C=O) groups is 2. The van der Waals surface area contributed by atoms with E-state index in [-0.39, 0.29) is 17.9 Å². The van der Waals surface area contributed by atoms with E-state index in [2.05, 4.69) is 16.5 Å². The van der Waals surface area contributed by atoms with Gasteiger partial charge in [-0.15, -0.1) is 6.58 Å². The monoisotopic (exact) mass is 459 g/mol. The number of hydrogen-bond acceptors (Lipinski definition) is 6. The molecule has 162 valence electrons. The number of hydrogen-bond donors (Lipinski definition) is 1. The number of allylic oxidation sites excluding steroid dienone is 1. The van der Waals surface area contributed by atoms with Gasteiger partial charge in [-0.2, -0.15) is 0 Å². The van der Waals surface area contributed by atoms with Gasteiger partial charge in [-0.1, -0.05) is 29.4 Å². The van der Waals surface area contributed by atoms with Crippen molar-refractivity contribution in [2.75, 3.05) is 7.11 Å². The van der Waals surface area contributed by atoms with Crippen molar-refractivity contribution in [3.05, 3.63) is 68.7 Å². The summed E-state index contributed by atoms with van der Waals surface area (Å²) in [6.45, 7) is 9.10. The summed E-state index contributed by atoms with van der Waals surface area (Å²) in [5, 5.41) is 0.707. The second-order valence-corrected chi connectivity index (χ2v) is 8.75. The van der Waals surface area contributed by atoms with Crippen LogP contribution in [0.25, 0.3) is 10.9 Å². The molecule has 0 radical (unpaired) electrons. The fraction of sp³-hybridized carbons (Fsp3) is 0.273. The molecule has 0 aliphatic heterocycles. The van der Waals surface area contributed by atoms with Crippen LogP contribution in [0.15, 0.2) is 40.8 Å². The number of esters is 1. The highest BCUT2D eigenvalue weighted by Crippen LogP contribution is 2.28. The van der Waals surface area contributed by atoms with E-state index in [1.807, 2.05) is 0 Å². The minimum Gasteiger partial charge on any atom is -0.465 e. The Balaban J connectivity index is 2.01. The van der Waals surface area contributed by atoms with Crippen LogP contribution in [-0.2, 0) is 11.3 Å². The average molecular weight is 460 g/mol. The Morgan fingerprint density at radius 3 is 2.74 bits per heavy atom. The van der Waals surface area contributed by atoms with Gasteiger partial charge in [0.2, 0.25) is 0 Å². The highest BCUT2D eigenvalue weighted by Gasteiger charge is 2.27. The largest absolute Gasteiger partial charge is 0.465 e. The zero-order valence-electron chi connectivity index (χ0n) is 17.6. The van der Waals surface area contributed by atoms with Crippen molar-refractivity contribution in [3.63, 3.8) is 0 Å². The van der Waals surface area contributed by atoms with E-state index >= 15 is 0 Å². The number of methoxy groups -OCH3 is 1. The molecule has 31 heavy (non-hydrogen) atoms. The molecule has 1 aromatic carbocycles. The van der Waals surface area contributed by atoms with E-state index in [9.17, 15) is 14.4 Å². The second kappa shape index (κ2) is 9.11. The maximum absolute atomic E-state index is 13.2. The zero-order valence-corrected chi connectivity index (χ0v) is 19.2. The molecule has 0 amide bonds. The first-order valence-electron chi connectivity index (χ1n) is 9.48. The van der Waals surface area contributed by atoms with Crippen molar-refractivity contribution >= 4 is 46.0 Å². The summed E-state index contributed by atoms with van der Waals surface area (Å²) in [6, 6.07) is 4.89. The van der Waals surface area contributed by atoms with Crippen LogP contribution in [0.4, 0.5) is 0 Å². The number of fused-ring (bicyclic) bond motifs is 1. The molecule has 3 rings (SSSR count). The highest BCUT2D eigenvalue weighted by molar-refractivity contribution is 8.00. The summed E-state index contributed by atoms with van der Waals surface area (Å²) in [4.78, 5) is 45.7. The number of aromatic amines is 1. The summed E-state index contributed by atoms with van der Waals surface area (Å²) in [7, 11) is 1.30. The first-order chi connectivity index (χ1) is 14.7. The number of benzene rings is 1. The van der Waals surface area contributed by atoms with Crippen LogP contribution in [-0.4, -0.2) is 38.6 Å². The lowest BCUT2D eigenvalue weighted by atomic mass is 10.1. The fourth-order valence-electron chi connectivity index (χ4n) is 3.37. The van der Waals surface area contributed by atoms with E-state index in [1.165, 1.54) is 11.7 Å². The molecule has 0 aliphatic rings. The van der Waals surface area contributed by atoms with Crippen molar-refractivity contribution in [3.8, 4) is 0 Å². The normalized spacial score (nSPS) is 12.0. The number of halogens is 1. The minimum absolute atomic E-state index is 0.216. The predicted molar refractivity (Wildman–Crippen MR) is 122 cm³/mol. The second-order valence-electron chi connectivity index (χ2n) is 7.00. The number of ketones is 1. The third kappa shape index (κ3) is 4.31. The van der Waals surface area contributed by atoms with Crippen LogP contribution in [0.1, 0.15) is 39.0 Å². The van der Waals surface area contributed by atoms with Gasteiger partial charge in [0, 0.05) is 17.3 Å². The number of carbonyl (C=O) groups excluding carboxylic acids is 2. The number of nitrogens with zero attached hydrogens (tertiary/aromatic N) is 2. The Hall–Kier alpha value is -2.84. The average Bonchev–Trinajstić information content (AvgIpc) is 3.03. The number of rotatable bonds is 7. The van der Waals surface area contributed by atoms with E-state index in [0.29, 0.717) is 43.6 Å². The minimum atomic E-state index is -0.582. The standard InChI is InChI=1S/C22H22ClN3O4S/c1-6-9-26-20(28)15-8-7-14(23)10-16(15)25-22(26)31-13(4)19(27)18-11(2)17(12(3)24-18)21(29)30-5/h6-8,10,13,24H,1,9H2,2-5H3. The predicted octanol–water partition coefficient (Wildman–Crippen LogP) is 4.33. The molecule has 2 aromatic heterocycles. The SMILES string of the molecule is C=CCn1c(SC(C)C(=O)c2[nH]c(C)c(C(=O)OC)c2C)nc2cc(Cl)ccc2c1=O. The number of H-pyrrole nitrogens is 1. The Morgan fingerprint density at radius 2 is 2.10 bits per heavy atom. The van der Waals surface area contributed by atoms with E-state index in [0.717, 1.165) is 11.8 Å². The fourth-order valence-corrected chi connectivity index (χ4v) is 4.52. The third-order valence-corrected chi connectivity index (χ3v) is 6.24. The zero-order chi connectivity index (χ0) is 22.9. The summed E-state index contributed by atoms with van der Waals surface area (Å²) in [5.41, 5.74) is 2.00. The van der Waals surface area contributed by atoms with Crippen LogP contribution in [0.2, 0.25) is 5.02 Å². The van der Waals surface area contributed by atoms with Gasteiger partial charge in [-0.25, -0.2) is 9.78 Å². The lowest BCUT2D eigenvalue weighted by Gasteiger charge is -2.15. The molecular formula is C22H22ClN3O4S. The van der Waals surface area contributed by atoms with E-state index in [4.69, 9.17) is 16.3 Å². The number of Topliss-reactive ketones (excluding diaryl/α,β-unsaturated/α-hetero) is 1. The first kappa shape index (κ1) is 22.8. The summed E-state index contributed by atoms with van der Waals surface area (Å²) in [6.07, 6.45) is 1.60. The maximum Gasteiger partial charge on any atom is 0.339 e. The summed E-state index contributed by atoms with van der Waals surface area (Å²) >= 11 is 7.23. The molecule has 0 aliphatic carbocycles. The molecule has 1 unspecified atom stereocenters. The Kier molecular flexibility index (Phi) is 6.71. The first-order valence-corrected chi connectivity index (χ1v) is 10.7. The van der Waals surface area contributed by atoms with Crippen LogP contribution in [0.3, 0.4) is 0 Å². The number of ether oxygens (including phenoxy) is 1. The number of thioether (sulfide) groups is 1. The van der Waals surface area contributed by atoms with Gasteiger partial charge in [0.15, 0.2) is 10.9 Å². The maximum atomic E-state index is 13.2. The summed E-state index contributed by atoms with van der Waals surface area (Å²) < 4.78 is 6.29. The molecule has 1 atom stereocenters. The van der Waals surface area contributed by atoms with Gasteiger partial charge < -0.3 is 9.72 Å². The lowest BCUT2D eigenvalue weighted by molar-refractivity contribution is 0.0599. The van der Waals surface area contributed by atoms with Crippen molar-refractivity contribution in [1.82, 2.24) is 14.5 Å². The van der Waals surface area contributed by atoms with Gasteiger partial charge >= 0.3 is 5.97 Å². The topological polar surface area (TPSA) is 94.1 Å². The van der Waals surface area contributed by atoms with Gasteiger partial charge in [0.05, 0.1) is 34.5 Å². The van der Waals surface area contributed by atoms with E-state index < -0.39 is 11.2 Å². The van der Waals surface area contributed by atoms with Crippen LogP contribution < -0.4 is 5.56 Å². The summed E-state index contributed by atoms with van der Waals surface area (Å²) in [5.74, 6) is -0.718. The Labute approximate surface area is 188 Å². The van der Waals surface area contributed by atoms with Gasteiger partial charge in [0.25, 0.3) is 5.56 Å². The van der Waals surface area contributed by atoms with Crippen molar-refractivity contribution in [1.29, 1.82) is 0 Å². The Bertz CT molecular complexity index is 1260. The molecular weight excluding hydrogens is 438 g/mol. The van der Waals surface area contributed by atoms with Gasteiger partial charge in [0.1, 0.15) is 0 Å². The molecule has 0 spiro atoms. The number of aromatic nitrogens is 3. The van der Waals surface area contributed by atoms with Crippen molar-refractivity contribution in [2.45, 2.75) is 37.7 Å². The highest BCUT2D eigenvalue weighted by atomic mass is 35.5. The van der Waals surface area contributed by atoms with E-state index in [1.54, 1.807) is 45.0 Å².